The van der Waals surface area contributed by atoms with Crippen LogP contribution in [0.15, 0.2) is 218 Å². The molecule has 0 atom stereocenters. The van der Waals surface area contributed by atoms with Gasteiger partial charge in [0.05, 0.1) is 37.7 Å². The molecule has 0 fully saturated rings. The lowest BCUT2D eigenvalue weighted by Crippen LogP contribution is -2.33. The van der Waals surface area contributed by atoms with E-state index in [4.69, 9.17) is 13.8 Å². The van der Waals surface area contributed by atoms with Crippen molar-refractivity contribution < 1.29 is 14.3 Å². The van der Waals surface area contributed by atoms with Gasteiger partial charge in [0.2, 0.25) is 0 Å². The fourth-order valence-electron chi connectivity index (χ4n) is 12.1. The number of hydrogen-bond donors (Lipinski definition) is 0. The van der Waals surface area contributed by atoms with Gasteiger partial charge in [0.25, 0.3) is 0 Å². The van der Waals surface area contributed by atoms with Crippen LogP contribution < -0.4 is 14.5 Å². The van der Waals surface area contributed by atoms with Crippen LogP contribution >= 0.6 is 0 Å². The Bertz CT molecular complexity index is 4580. The first kappa shape index (κ1) is 44.1. The van der Waals surface area contributed by atoms with Crippen LogP contribution in [0.25, 0.3) is 72.1 Å². The number of anilines is 4. The summed E-state index contributed by atoms with van der Waals surface area (Å²) in [4.78, 5) is 9.42. The summed E-state index contributed by atoms with van der Waals surface area (Å²) < 4.78 is 75.2. The number of ether oxygens (including phenoxy) is 1. The van der Waals surface area contributed by atoms with E-state index in [0.717, 1.165) is 96.8 Å². The van der Waals surface area contributed by atoms with Crippen LogP contribution in [0.2, 0.25) is 0 Å². The van der Waals surface area contributed by atoms with E-state index in [1.807, 2.05) is 65.2 Å². The maximum atomic E-state index is 10.5. The highest BCUT2D eigenvalue weighted by atomic mass is 16.5. The lowest BCUT2D eigenvalue weighted by Gasteiger charge is -2.42. The van der Waals surface area contributed by atoms with E-state index in [9.17, 15) is 5.48 Å². The predicted octanol–water partition coefficient (Wildman–Crippen LogP) is 20.8. The molecular weight excluding hydrogens is 985 g/mol. The van der Waals surface area contributed by atoms with Crippen LogP contribution in [0.1, 0.15) is 114 Å². The molecule has 0 radical (unpaired) electrons. The third-order valence-corrected chi connectivity index (χ3v) is 16.8. The second-order valence-corrected chi connectivity index (χ2v) is 25.4. The van der Waals surface area contributed by atoms with Crippen LogP contribution in [0.4, 0.5) is 22.7 Å². The molecule has 2 aliphatic rings. The lowest BCUT2D eigenvalue weighted by molar-refractivity contribution is 0.332. The van der Waals surface area contributed by atoms with Crippen LogP contribution in [-0.2, 0) is 21.7 Å². The smallest absolute Gasteiger partial charge is 0.137 e. The average molecular weight is 1060 g/mol. The SMILES string of the molecule is [2H]c1c([2H])c2c(c([2H])c1-c1cc(C(C)(C)C)cc(-c3cc(-c4ccccc4)cc(-c4ccccc4)c3)c1N1CN(c3cccc(Oc4ccc5c6c([2H])c([2H])c([2H])c([2H])c6n(-c6cc(C(C)(C)C)ccn6)c5c4)c3)c3ccccc31)C(C)(C)CCC2(C)C. The van der Waals surface area contributed by atoms with Crippen molar-refractivity contribution in [2.24, 2.45) is 0 Å². The standard InChI is InChI=1S/C76H72N4O/c1-73(2,3)56-36-39-77-71(46-56)80-67-29-18-17-28-61(67)62-34-33-60(48-70(62)80)81-59-27-21-26-58(47-59)78-49-79(69-31-20-19-30-68(69)78)72-63(52-32-35-65-66(43-52)76(9,10)38-37-75(65,7)8)44-57(74(4,5)6)45-64(72)55-41-53(50-22-13-11-14-23-50)40-54(42-55)51-24-15-12-16-25-51/h11-36,39-48H,37-38,49H2,1-10H3/i17D,18D,28D,29D,32D,35D,43D. The fraction of sp³-hybridized carbons (Fsp3) is 0.224. The largest absolute Gasteiger partial charge is 0.457 e. The van der Waals surface area contributed by atoms with Gasteiger partial charge in [-0.3, -0.25) is 4.57 Å². The summed E-state index contributed by atoms with van der Waals surface area (Å²) in [6.45, 7) is 22.1. The Morgan fingerprint density at radius 1 is 0.481 bits per heavy atom. The van der Waals surface area contributed by atoms with Gasteiger partial charge in [-0.1, -0.05) is 184 Å². The molecule has 1 aliphatic heterocycles. The second-order valence-electron chi connectivity index (χ2n) is 25.4. The Morgan fingerprint density at radius 3 is 1.77 bits per heavy atom. The van der Waals surface area contributed by atoms with Crippen molar-refractivity contribution in [2.45, 2.75) is 104 Å². The van der Waals surface area contributed by atoms with E-state index in [0.29, 0.717) is 57.4 Å². The highest BCUT2D eigenvalue weighted by Gasteiger charge is 2.38. The average Bonchev–Trinajstić information content (AvgIpc) is 1.15. The van der Waals surface area contributed by atoms with Gasteiger partial charge in [0.1, 0.15) is 24.0 Å². The van der Waals surface area contributed by atoms with E-state index < -0.39 is 10.8 Å². The van der Waals surface area contributed by atoms with E-state index in [1.165, 1.54) is 0 Å². The maximum Gasteiger partial charge on any atom is 0.137 e. The first-order valence-corrected chi connectivity index (χ1v) is 28.3. The van der Waals surface area contributed by atoms with Crippen LogP contribution in [0, 0.1) is 0 Å². The van der Waals surface area contributed by atoms with Gasteiger partial charge < -0.3 is 14.5 Å². The minimum absolute atomic E-state index is 0.0563. The molecule has 0 saturated carbocycles. The summed E-state index contributed by atoms with van der Waals surface area (Å²) in [6.07, 6.45) is 3.46. The summed E-state index contributed by atoms with van der Waals surface area (Å²) in [6, 6.07) is 58.0. The molecule has 81 heavy (non-hydrogen) atoms. The van der Waals surface area contributed by atoms with Gasteiger partial charge in [0.15, 0.2) is 0 Å². The van der Waals surface area contributed by atoms with Gasteiger partial charge >= 0.3 is 0 Å². The molecule has 5 nitrogen and oxygen atoms in total. The molecule has 3 heterocycles. The van der Waals surface area contributed by atoms with E-state index in [2.05, 4.69) is 188 Å². The first-order valence-electron chi connectivity index (χ1n) is 31.8. The lowest BCUT2D eigenvalue weighted by atomic mass is 9.63. The zero-order chi connectivity index (χ0) is 62.1. The Hall–Kier alpha value is -8.67. The molecule has 9 aromatic carbocycles. The Kier molecular flexibility index (Phi) is 10.7. The van der Waals surface area contributed by atoms with Crippen molar-refractivity contribution in [3.8, 4) is 61.8 Å². The Morgan fingerprint density at radius 2 is 1.09 bits per heavy atom. The van der Waals surface area contributed by atoms with Gasteiger partial charge in [-0.05, 0) is 175 Å². The number of hydrogen-bond acceptors (Lipinski definition) is 4. The molecule has 0 bridgehead atoms. The van der Waals surface area contributed by atoms with E-state index in [1.54, 1.807) is 6.20 Å². The normalized spacial score (nSPS) is 16.0. The van der Waals surface area contributed by atoms with Crippen molar-refractivity contribution in [1.29, 1.82) is 0 Å². The fourth-order valence-corrected chi connectivity index (χ4v) is 12.1. The van der Waals surface area contributed by atoms with E-state index >= 15 is 0 Å². The summed E-state index contributed by atoms with van der Waals surface area (Å²) in [5, 5.41) is 1.06. The minimum Gasteiger partial charge on any atom is -0.457 e. The monoisotopic (exact) mass is 1060 g/mol. The van der Waals surface area contributed by atoms with Crippen molar-refractivity contribution in [3.63, 3.8) is 0 Å². The molecular formula is C76H72N4O. The van der Waals surface area contributed by atoms with E-state index in [-0.39, 0.29) is 47.1 Å². The molecule has 0 N–H and O–H groups in total. The quantitative estimate of drug-likeness (QED) is 0.144. The summed E-state index contributed by atoms with van der Waals surface area (Å²) in [5.41, 5.74) is 14.2. The molecule has 5 heteroatoms. The molecule has 0 amide bonds. The van der Waals surface area contributed by atoms with Crippen LogP contribution in [-0.4, -0.2) is 16.2 Å². The van der Waals surface area contributed by atoms with Crippen molar-refractivity contribution in [2.75, 3.05) is 16.5 Å². The summed E-state index contributed by atoms with van der Waals surface area (Å²) in [5.74, 6) is 1.60. The molecule has 402 valence electrons. The first-order chi connectivity index (χ1) is 41.8. The number of para-hydroxylation sites is 3. The highest BCUT2D eigenvalue weighted by molar-refractivity contribution is 6.09. The Labute approximate surface area is 489 Å². The Balaban J connectivity index is 1.00. The maximum absolute atomic E-state index is 10.5. The van der Waals surface area contributed by atoms with Gasteiger partial charge in [0, 0.05) is 45.9 Å². The number of rotatable bonds is 9. The molecule has 0 spiro atoms. The molecule has 1 aliphatic carbocycles. The number of benzene rings is 9. The zero-order valence-electron chi connectivity index (χ0n) is 55.1. The van der Waals surface area contributed by atoms with Crippen LogP contribution in [0.3, 0.4) is 0 Å². The van der Waals surface area contributed by atoms with Crippen molar-refractivity contribution in [3.05, 3.63) is 241 Å². The molecule has 2 aromatic heterocycles. The van der Waals surface area contributed by atoms with Crippen molar-refractivity contribution >= 4 is 44.6 Å². The number of pyridine rings is 1. The van der Waals surface area contributed by atoms with Crippen LogP contribution in [0.5, 0.6) is 11.5 Å². The summed E-state index contributed by atoms with van der Waals surface area (Å²) >= 11 is 0. The number of aromatic nitrogens is 2. The number of fused-ring (bicyclic) bond motifs is 5. The van der Waals surface area contributed by atoms with Gasteiger partial charge in [-0.2, -0.15) is 0 Å². The molecule has 0 saturated heterocycles. The predicted molar refractivity (Wildman–Crippen MR) is 342 cm³/mol. The molecule has 11 aromatic rings. The molecule has 0 unspecified atom stereocenters. The third-order valence-electron chi connectivity index (χ3n) is 16.8. The molecule has 13 rings (SSSR count). The van der Waals surface area contributed by atoms with Crippen molar-refractivity contribution in [1.82, 2.24) is 9.55 Å². The highest BCUT2D eigenvalue weighted by Crippen LogP contribution is 2.54. The zero-order valence-corrected chi connectivity index (χ0v) is 48.1. The third kappa shape index (κ3) is 9.46. The van der Waals surface area contributed by atoms with Gasteiger partial charge in [-0.15, -0.1) is 0 Å². The topological polar surface area (TPSA) is 33.5 Å². The minimum atomic E-state index is -0.418. The number of nitrogens with zero attached hydrogens (tertiary/aromatic N) is 4. The second kappa shape index (κ2) is 19.6. The summed E-state index contributed by atoms with van der Waals surface area (Å²) in [7, 11) is 0. The van der Waals surface area contributed by atoms with Gasteiger partial charge in [-0.25, -0.2) is 4.98 Å².